The van der Waals surface area contributed by atoms with Gasteiger partial charge in [0.05, 0.1) is 6.54 Å². The molecule has 0 radical (unpaired) electrons. The number of hydrogen-bond donors (Lipinski definition) is 1. The second-order valence-electron chi connectivity index (χ2n) is 9.61. The second-order valence-corrected chi connectivity index (χ2v) is 9.61. The van der Waals surface area contributed by atoms with Crippen LogP contribution >= 0.6 is 0 Å². The molecule has 0 saturated carbocycles. The van der Waals surface area contributed by atoms with Crippen molar-refractivity contribution in [2.45, 2.75) is 26.1 Å². The fourth-order valence-electron chi connectivity index (χ4n) is 4.44. The molecule has 7 heteroatoms. The van der Waals surface area contributed by atoms with Crippen molar-refractivity contribution in [2.75, 3.05) is 45.6 Å². The zero-order valence-electron chi connectivity index (χ0n) is 21.7. The van der Waals surface area contributed by atoms with Crippen molar-refractivity contribution >= 4 is 17.7 Å². The summed E-state index contributed by atoms with van der Waals surface area (Å²) in [4.78, 5) is 31.6. The van der Waals surface area contributed by atoms with Gasteiger partial charge >= 0.3 is 6.09 Å². The van der Waals surface area contributed by atoms with Crippen LogP contribution in [0.5, 0.6) is 0 Å². The highest BCUT2D eigenvalue weighted by Crippen LogP contribution is 2.26. The van der Waals surface area contributed by atoms with Crippen LogP contribution in [0.25, 0.3) is 0 Å². The van der Waals surface area contributed by atoms with Crippen LogP contribution in [0.4, 0.5) is 10.5 Å². The number of rotatable bonds is 10. The lowest BCUT2D eigenvalue weighted by Crippen LogP contribution is -2.39. The van der Waals surface area contributed by atoms with E-state index >= 15 is 0 Å². The number of nitrogens with zero attached hydrogens (tertiary/aromatic N) is 3. The van der Waals surface area contributed by atoms with E-state index in [1.165, 1.54) is 0 Å². The summed E-state index contributed by atoms with van der Waals surface area (Å²) < 4.78 is 5.52. The van der Waals surface area contributed by atoms with Crippen LogP contribution in [0.15, 0.2) is 78.9 Å². The number of benzene rings is 3. The van der Waals surface area contributed by atoms with Crippen molar-refractivity contribution in [3.05, 3.63) is 101 Å². The lowest BCUT2D eigenvalue weighted by Gasteiger charge is -2.30. The van der Waals surface area contributed by atoms with Crippen molar-refractivity contribution in [1.29, 1.82) is 0 Å². The van der Waals surface area contributed by atoms with Crippen LogP contribution in [-0.4, -0.2) is 67.0 Å². The van der Waals surface area contributed by atoms with Gasteiger partial charge in [-0.3, -0.25) is 4.79 Å². The highest BCUT2D eigenvalue weighted by Gasteiger charge is 2.24. The average molecular weight is 501 g/mol. The van der Waals surface area contributed by atoms with E-state index in [9.17, 15) is 9.59 Å². The predicted molar refractivity (Wildman–Crippen MR) is 146 cm³/mol. The van der Waals surface area contributed by atoms with Gasteiger partial charge in [-0.25, -0.2) is 4.79 Å². The molecule has 1 N–H and O–H groups in total. The van der Waals surface area contributed by atoms with E-state index in [4.69, 9.17) is 4.74 Å². The van der Waals surface area contributed by atoms with Crippen molar-refractivity contribution < 1.29 is 14.3 Å². The molecule has 1 aliphatic heterocycles. The van der Waals surface area contributed by atoms with Gasteiger partial charge in [-0.1, -0.05) is 72.8 Å². The minimum Gasteiger partial charge on any atom is -0.445 e. The van der Waals surface area contributed by atoms with Gasteiger partial charge in [0.15, 0.2) is 0 Å². The first-order chi connectivity index (χ1) is 18.0. The SMILES string of the molecule is CN(C)CCN(Cc1ccccc1)C(=O)CNc1cccc2c1CCN(C(=O)OCc1ccccc1)C2. The van der Waals surface area contributed by atoms with E-state index in [2.05, 4.69) is 10.2 Å². The number of carbonyl (C=O) groups is 2. The Morgan fingerprint density at radius 3 is 2.30 bits per heavy atom. The molecule has 3 aromatic rings. The first kappa shape index (κ1) is 26.2. The predicted octanol–water partition coefficient (Wildman–Crippen LogP) is 4.38. The van der Waals surface area contributed by atoms with E-state index in [0.29, 0.717) is 32.6 Å². The van der Waals surface area contributed by atoms with Gasteiger partial charge in [0.2, 0.25) is 5.91 Å². The van der Waals surface area contributed by atoms with Crippen molar-refractivity contribution in [2.24, 2.45) is 0 Å². The smallest absolute Gasteiger partial charge is 0.410 e. The van der Waals surface area contributed by atoms with Gasteiger partial charge in [-0.2, -0.15) is 0 Å². The Morgan fingerprint density at radius 2 is 1.59 bits per heavy atom. The molecule has 0 fully saturated rings. The lowest BCUT2D eigenvalue weighted by atomic mass is 9.98. The van der Waals surface area contributed by atoms with E-state index in [1.54, 1.807) is 4.90 Å². The maximum Gasteiger partial charge on any atom is 0.410 e. The molecule has 7 nitrogen and oxygen atoms in total. The molecule has 2 amide bonds. The molecule has 0 aliphatic carbocycles. The molecule has 0 atom stereocenters. The topological polar surface area (TPSA) is 65.1 Å². The average Bonchev–Trinajstić information content (AvgIpc) is 2.93. The van der Waals surface area contributed by atoms with Gasteiger partial charge in [-0.15, -0.1) is 0 Å². The van der Waals surface area contributed by atoms with Crippen LogP contribution in [0.2, 0.25) is 0 Å². The number of carbonyl (C=O) groups excluding carboxylic acids is 2. The number of hydrogen-bond acceptors (Lipinski definition) is 5. The highest BCUT2D eigenvalue weighted by atomic mass is 16.6. The molecule has 1 aliphatic rings. The van der Waals surface area contributed by atoms with Gasteiger partial charge in [0.1, 0.15) is 6.61 Å². The number of fused-ring (bicyclic) bond motifs is 1. The van der Waals surface area contributed by atoms with Crippen molar-refractivity contribution in [1.82, 2.24) is 14.7 Å². The normalized spacial score (nSPS) is 12.7. The summed E-state index contributed by atoms with van der Waals surface area (Å²) in [6.07, 6.45) is 0.405. The minimum atomic E-state index is -0.305. The molecule has 194 valence electrons. The molecule has 37 heavy (non-hydrogen) atoms. The molecular weight excluding hydrogens is 464 g/mol. The fraction of sp³-hybridized carbons (Fsp3) is 0.333. The zero-order valence-corrected chi connectivity index (χ0v) is 21.7. The van der Waals surface area contributed by atoms with Crippen molar-refractivity contribution in [3.8, 4) is 0 Å². The molecule has 0 aromatic heterocycles. The molecule has 0 unspecified atom stereocenters. The molecular formula is C30H36N4O3. The molecule has 0 spiro atoms. The summed E-state index contributed by atoms with van der Waals surface area (Å²) in [6, 6.07) is 25.8. The number of anilines is 1. The first-order valence-electron chi connectivity index (χ1n) is 12.8. The third-order valence-corrected chi connectivity index (χ3v) is 6.55. The molecule has 0 bridgehead atoms. The van der Waals surface area contributed by atoms with Crippen molar-refractivity contribution in [3.63, 3.8) is 0 Å². The summed E-state index contributed by atoms with van der Waals surface area (Å²) in [5.41, 5.74) is 5.28. The Bertz CT molecular complexity index is 1170. The Balaban J connectivity index is 1.35. The summed E-state index contributed by atoms with van der Waals surface area (Å²) in [5, 5.41) is 3.38. The van der Waals surface area contributed by atoms with Crippen LogP contribution in [0.3, 0.4) is 0 Å². The Morgan fingerprint density at radius 1 is 0.892 bits per heavy atom. The lowest BCUT2D eigenvalue weighted by molar-refractivity contribution is -0.130. The van der Waals surface area contributed by atoms with Crippen LogP contribution < -0.4 is 5.32 Å². The molecule has 3 aromatic carbocycles. The summed E-state index contributed by atoms with van der Waals surface area (Å²) >= 11 is 0. The Kier molecular flexibility index (Phi) is 9.16. The summed E-state index contributed by atoms with van der Waals surface area (Å²) in [5.74, 6) is 0.0604. The van der Waals surface area contributed by atoms with Gasteiger partial charge in [0, 0.05) is 38.4 Å². The largest absolute Gasteiger partial charge is 0.445 e. The maximum absolute atomic E-state index is 13.2. The summed E-state index contributed by atoms with van der Waals surface area (Å²) in [7, 11) is 4.03. The fourth-order valence-corrected chi connectivity index (χ4v) is 4.44. The van der Waals surface area contributed by atoms with Gasteiger partial charge < -0.3 is 24.8 Å². The summed E-state index contributed by atoms with van der Waals surface area (Å²) in [6.45, 7) is 3.61. The van der Waals surface area contributed by atoms with Gasteiger partial charge in [-0.05, 0) is 48.8 Å². The third-order valence-electron chi connectivity index (χ3n) is 6.55. The number of nitrogens with one attached hydrogen (secondary N) is 1. The van der Waals surface area contributed by atoms with Crippen LogP contribution in [0.1, 0.15) is 22.3 Å². The van der Waals surface area contributed by atoms with E-state index < -0.39 is 0 Å². The molecule has 4 rings (SSSR count). The quantitative estimate of drug-likeness (QED) is 0.448. The van der Waals surface area contributed by atoms with Crippen LogP contribution in [0, 0.1) is 0 Å². The van der Waals surface area contributed by atoms with E-state index in [0.717, 1.165) is 34.5 Å². The zero-order chi connectivity index (χ0) is 26.0. The Labute approximate surface area is 219 Å². The number of ether oxygens (including phenoxy) is 1. The third kappa shape index (κ3) is 7.57. The maximum atomic E-state index is 13.2. The van der Waals surface area contributed by atoms with E-state index in [-0.39, 0.29) is 25.2 Å². The molecule has 0 saturated heterocycles. The molecule has 1 heterocycles. The minimum absolute atomic E-state index is 0.0604. The van der Waals surface area contributed by atoms with Crippen LogP contribution in [-0.2, 0) is 35.6 Å². The standard InChI is InChI=1S/C30H36N4O3/c1-32(2)18-19-33(21-24-10-5-3-6-11-24)29(35)20-31-28-15-9-14-26-22-34(17-16-27(26)28)30(36)37-23-25-12-7-4-8-13-25/h3-15,31H,16-23H2,1-2H3. The first-order valence-corrected chi connectivity index (χ1v) is 12.8. The Hall–Kier alpha value is -3.84. The second kappa shape index (κ2) is 12.9. The van der Waals surface area contributed by atoms with Gasteiger partial charge in [0.25, 0.3) is 0 Å². The van der Waals surface area contributed by atoms with E-state index in [1.807, 2.05) is 97.9 Å². The monoisotopic (exact) mass is 500 g/mol. The number of likely N-dealkylation sites (N-methyl/N-ethyl adjacent to an activating group) is 1. The number of amides is 2. The highest BCUT2D eigenvalue weighted by molar-refractivity contribution is 5.81.